The molecule has 4 aliphatic rings. The Labute approximate surface area is 160 Å². The first-order chi connectivity index (χ1) is 12.5. The van der Waals surface area contributed by atoms with Crippen LogP contribution in [0.15, 0.2) is 23.8 Å². The number of unbranched alkanes of at least 4 members (excludes halogenated alkanes) is 1. The van der Waals surface area contributed by atoms with Gasteiger partial charge in [-0.2, -0.15) is 0 Å². The summed E-state index contributed by atoms with van der Waals surface area (Å²) < 4.78 is 0. The molecule has 4 aliphatic carbocycles. The van der Waals surface area contributed by atoms with Crippen LogP contribution >= 0.6 is 0 Å². The molecule has 0 radical (unpaired) electrons. The van der Waals surface area contributed by atoms with Gasteiger partial charge in [-0.25, -0.2) is 0 Å². The van der Waals surface area contributed by atoms with E-state index in [1.165, 1.54) is 44.9 Å². The normalized spacial score (nSPS) is 48.0. The Balaban J connectivity index is 1.51. The van der Waals surface area contributed by atoms with Gasteiger partial charge in [0.05, 0.1) is 6.10 Å². The number of nitrogens with two attached hydrogens (primary N) is 1. The summed E-state index contributed by atoms with van der Waals surface area (Å²) in [5, 5.41) is 10.6. The molecule has 146 valence electrons. The fraction of sp³-hybridized carbons (Fsp3) is 0.833. The van der Waals surface area contributed by atoms with Crippen molar-refractivity contribution in [3.05, 3.63) is 23.8 Å². The van der Waals surface area contributed by atoms with Gasteiger partial charge in [0.2, 0.25) is 0 Å². The first-order valence-electron chi connectivity index (χ1n) is 11.2. The molecule has 0 heterocycles. The molecule has 0 aromatic heterocycles. The fourth-order valence-electron chi connectivity index (χ4n) is 7.39. The Hall–Kier alpha value is -0.600. The van der Waals surface area contributed by atoms with Gasteiger partial charge in [0, 0.05) is 0 Å². The molecule has 7 atom stereocenters. The average Bonchev–Trinajstić information content (AvgIpc) is 2.94. The Bertz CT molecular complexity index is 581. The van der Waals surface area contributed by atoms with E-state index in [0.29, 0.717) is 11.3 Å². The standard InChI is InChI=1S/C24H39NO/c1-23-13-11-17(6-4-3-5-15-25)16-18(23)7-8-19-20-9-10-22(26)24(20,2)14-12-21(19)23/h4,6,16-17,19-22,26H,3,5,7-15,25H2,1-2H3/t17-,19?,20?,21?,22+,23+,24+/m1/s1. The Morgan fingerprint density at radius 2 is 1.96 bits per heavy atom. The summed E-state index contributed by atoms with van der Waals surface area (Å²) in [5.41, 5.74) is 8.01. The van der Waals surface area contributed by atoms with Gasteiger partial charge in [-0.1, -0.05) is 37.6 Å². The third-order valence-electron chi connectivity index (χ3n) is 9.06. The molecule has 0 amide bonds. The second-order valence-electron chi connectivity index (χ2n) is 10.2. The molecule has 26 heavy (non-hydrogen) atoms. The van der Waals surface area contributed by atoms with E-state index in [1.807, 2.05) is 0 Å². The Morgan fingerprint density at radius 1 is 1.12 bits per heavy atom. The van der Waals surface area contributed by atoms with Crippen molar-refractivity contribution in [2.75, 3.05) is 6.54 Å². The van der Waals surface area contributed by atoms with Gasteiger partial charge in [-0.15, -0.1) is 0 Å². The number of fused-ring (bicyclic) bond motifs is 5. The number of allylic oxidation sites excluding steroid dienone is 4. The Kier molecular flexibility index (Phi) is 5.11. The van der Waals surface area contributed by atoms with Gasteiger partial charge < -0.3 is 10.8 Å². The fourth-order valence-corrected chi connectivity index (χ4v) is 7.39. The van der Waals surface area contributed by atoms with Gasteiger partial charge in [-0.3, -0.25) is 0 Å². The minimum absolute atomic E-state index is 0.0485. The number of aliphatic hydroxyl groups is 1. The van der Waals surface area contributed by atoms with E-state index in [0.717, 1.165) is 43.6 Å². The quantitative estimate of drug-likeness (QED) is 0.535. The maximum absolute atomic E-state index is 10.6. The molecule has 0 aliphatic heterocycles. The molecule has 0 aromatic rings. The van der Waals surface area contributed by atoms with E-state index in [2.05, 4.69) is 32.1 Å². The molecule has 0 saturated heterocycles. The van der Waals surface area contributed by atoms with Gasteiger partial charge >= 0.3 is 0 Å². The SMILES string of the molecule is C[C@]12CC[C@@H](C=CCCCN)C=C1CCC1C2CC[C@@]2(C)C1CC[C@@H]2O. The van der Waals surface area contributed by atoms with E-state index in [1.54, 1.807) is 5.57 Å². The van der Waals surface area contributed by atoms with Crippen molar-refractivity contribution in [2.45, 2.75) is 84.2 Å². The lowest BCUT2D eigenvalue weighted by Gasteiger charge is -2.58. The van der Waals surface area contributed by atoms with Crippen molar-refractivity contribution >= 4 is 0 Å². The highest BCUT2D eigenvalue weighted by atomic mass is 16.3. The van der Waals surface area contributed by atoms with E-state index in [-0.39, 0.29) is 11.5 Å². The minimum atomic E-state index is -0.0485. The molecule has 0 aromatic carbocycles. The van der Waals surface area contributed by atoms with E-state index < -0.39 is 0 Å². The van der Waals surface area contributed by atoms with Crippen molar-refractivity contribution in [1.82, 2.24) is 0 Å². The predicted molar refractivity (Wildman–Crippen MR) is 109 cm³/mol. The summed E-state index contributed by atoms with van der Waals surface area (Å²) in [6.45, 7) is 5.77. The lowest BCUT2D eigenvalue weighted by atomic mass is 9.47. The summed E-state index contributed by atoms with van der Waals surface area (Å²) in [6.07, 6.45) is 19.8. The zero-order valence-electron chi connectivity index (χ0n) is 16.9. The van der Waals surface area contributed by atoms with Gasteiger partial charge in [0.15, 0.2) is 0 Å². The number of aliphatic hydroxyl groups excluding tert-OH is 1. The summed E-state index contributed by atoms with van der Waals surface area (Å²) >= 11 is 0. The van der Waals surface area contributed by atoms with Crippen molar-refractivity contribution in [1.29, 1.82) is 0 Å². The summed E-state index contributed by atoms with van der Waals surface area (Å²) in [5.74, 6) is 3.12. The van der Waals surface area contributed by atoms with Crippen molar-refractivity contribution in [3.63, 3.8) is 0 Å². The molecule has 3 N–H and O–H groups in total. The molecule has 2 heteroatoms. The maximum atomic E-state index is 10.6. The van der Waals surface area contributed by atoms with Crippen molar-refractivity contribution in [3.8, 4) is 0 Å². The smallest absolute Gasteiger partial charge is 0.0596 e. The molecule has 2 nitrogen and oxygen atoms in total. The second-order valence-corrected chi connectivity index (χ2v) is 10.2. The largest absolute Gasteiger partial charge is 0.393 e. The lowest BCUT2D eigenvalue weighted by Crippen LogP contribution is -2.51. The van der Waals surface area contributed by atoms with E-state index >= 15 is 0 Å². The van der Waals surface area contributed by atoms with Gasteiger partial charge in [0.1, 0.15) is 0 Å². The molecule has 3 saturated carbocycles. The number of hydrogen-bond donors (Lipinski definition) is 2. The van der Waals surface area contributed by atoms with Gasteiger partial charge in [0.25, 0.3) is 0 Å². The van der Waals surface area contributed by atoms with Crippen LogP contribution in [0.4, 0.5) is 0 Å². The molecular formula is C24H39NO. The highest BCUT2D eigenvalue weighted by Gasteiger charge is 2.58. The van der Waals surface area contributed by atoms with Gasteiger partial charge in [-0.05, 0) is 105 Å². The summed E-state index contributed by atoms with van der Waals surface area (Å²) in [7, 11) is 0. The molecule has 4 rings (SSSR count). The minimum Gasteiger partial charge on any atom is -0.393 e. The van der Waals surface area contributed by atoms with Crippen LogP contribution in [0.2, 0.25) is 0 Å². The van der Waals surface area contributed by atoms with Crippen LogP contribution in [0.25, 0.3) is 0 Å². The maximum Gasteiger partial charge on any atom is 0.0596 e. The van der Waals surface area contributed by atoms with Crippen LogP contribution < -0.4 is 5.73 Å². The van der Waals surface area contributed by atoms with Crippen LogP contribution in [0.5, 0.6) is 0 Å². The number of rotatable bonds is 4. The first kappa shape index (κ1) is 18.7. The molecule has 0 spiro atoms. The third kappa shape index (κ3) is 2.92. The third-order valence-corrected chi connectivity index (χ3v) is 9.06. The van der Waals surface area contributed by atoms with Crippen LogP contribution in [0, 0.1) is 34.5 Å². The Morgan fingerprint density at radius 3 is 2.77 bits per heavy atom. The first-order valence-corrected chi connectivity index (χ1v) is 11.2. The van der Waals surface area contributed by atoms with Crippen molar-refractivity contribution in [2.24, 2.45) is 40.2 Å². The lowest BCUT2D eigenvalue weighted by molar-refractivity contribution is -0.0742. The highest BCUT2D eigenvalue weighted by Crippen LogP contribution is 2.65. The summed E-state index contributed by atoms with van der Waals surface area (Å²) in [4.78, 5) is 0. The molecule has 3 fully saturated rings. The zero-order valence-corrected chi connectivity index (χ0v) is 16.9. The summed E-state index contributed by atoms with van der Waals surface area (Å²) in [6, 6.07) is 0. The monoisotopic (exact) mass is 357 g/mol. The van der Waals surface area contributed by atoms with Crippen LogP contribution in [-0.4, -0.2) is 17.8 Å². The number of hydrogen-bond acceptors (Lipinski definition) is 2. The molecule has 0 bridgehead atoms. The molecule has 3 unspecified atom stereocenters. The van der Waals surface area contributed by atoms with E-state index in [4.69, 9.17) is 5.73 Å². The zero-order chi connectivity index (χ0) is 18.4. The predicted octanol–water partition coefficient (Wildman–Crippen LogP) is 5.22. The second kappa shape index (κ2) is 7.09. The average molecular weight is 358 g/mol. The topological polar surface area (TPSA) is 46.2 Å². The van der Waals surface area contributed by atoms with E-state index in [9.17, 15) is 5.11 Å². The van der Waals surface area contributed by atoms with Crippen LogP contribution in [-0.2, 0) is 0 Å². The molecular weight excluding hydrogens is 318 g/mol. The van der Waals surface area contributed by atoms with Crippen LogP contribution in [0.1, 0.15) is 78.1 Å². The highest BCUT2D eigenvalue weighted by molar-refractivity contribution is 5.26. The van der Waals surface area contributed by atoms with Crippen molar-refractivity contribution < 1.29 is 5.11 Å². The van der Waals surface area contributed by atoms with Crippen LogP contribution in [0.3, 0.4) is 0 Å².